The van der Waals surface area contributed by atoms with E-state index in [9.17, 15) is 14.0 Å². The number of anilines is 1. The van der Waals surface area contributed by atoms with Crippen molar-refractivity contribution in [2.45, 2.75) is 33.1 Å². The van der Waals surface area contributed by atoms with E-state index in [1.807, 2.05) is 13.8 Å². The molecular weight excluding hydrogens is 285 g/mol. The van der Waals surface area contributed by atoms with Gasteiger partial charge >= 0.3 is 0 Å². The first kappa shape index (κ1) is 15.0. The van der Waals surface area contributed by atoms with Crippen molar-refractivity contribution in [2.24, 2.45) is 16.7 Å². The van der Waals surface area contributed by atoms with Crippen LogP contribution >= 0.6 is 0 Å². The molecule has 118 valence electrons. The van der Waals surface area contributed by atoms with Gasteiger partial charge in [-0.25, -0.2) is 4.39 Å². The summed E-state index contributed by atoms with van der Waals surface area (Å²) in [6.07, 6.45) is 1.86. The number of carbonyl (C=O) groups is 2. The van der Waals surface area contributed by atoms with E-state index in [2.05, 4.69) is 5.32 Å². The highest BCUT2D eigenvalue weighted by atomic mass is 19.1. The number of carbonyl (C=O) groups excluding carboxylic acids is 2. The largest absolute Gasteiger partial charge is 0.497 e. The SMILES string of the molecule is COc1ccc(F)c(NC(=O)C23CCC(CC2=O)C3(C)C)c1. The molecule has 2 aliphatic rings. The molecule has 5 heteroatoms. The Labute approximate surface area is 129 Å². The molecule has 22 heavy (non-hydrogen) atoms. The lowest BCUT2D eigenvalue weighted by atomic mass is 9.68. The van der Waals surface area contributed by atoms with Gasteiger partial charge in [-0.05, 0) is 36.3 Å². The first-order valence-electron chi connectivity index (χ1n) is 7.51. The molecule has 2 atom stereocenters. The molecule has 1 aromatic carbocycles. The van der Waals surface area contributed by atoms with Crippen molar-refractivity contribution < 1.29 is 18.7 Å². The van der Waals surface area contributed by atoms with Gasteiger partial charge in [-0.3, -0.25) is 9.59 Å². The molecule has 2 saturated carbocycles. The van der Waals surface area contributed by atoms with Crippen LogP contribution < -0.4 is 10.1 Å². The van der Waals surface area contributed by atoms with Gasteiger partial charge in [0.2, 0.25) is 5.91 Å². The Kier molecular flexibility index (Phi) is 3.27. The number of fused-ring (bicyclic) bond motifs is 2. The second kappa shape index (κ2) is 4.80. The third-order valence-corrected chi connectivity index (χ3v) is 5.71. The van der Waals surface area contributed by atoms with Gasteiger partial charge in [-0.15, -0.1) is 0 Å². The number of nitrogens with one attached hydrogen (secondary N) is 1. The number of benzene rings is 1. The topological polar surface area (TPSA) is 55.4 Å². The highest BCUT2D eigenvalue weighted by molar-refractivity contribution is 6.14. The summed E-state index contributed by atoms with van der Waals surface area (Å²) in [7, 11) is 1.47. The van der Waals surface area contributed by atoms with Crippen LogP contribution in [-0.4, -0.2) is 18.8 Å². The van der Waals surface area contributed by atoms with Gasteiger partial charge in [0.25, 0.3) is 0 Å². The molecular formula is C17H20FNO3. The maximum Gasteiger partial charge on any atom is 0.238 e. The van der Waals surface area contributed by atoms with Crippen LogP contribution in [0.1, 0.15) is 33.1 Å². The number of hydrogen-bond acceptors (Lipinski definition) is 3. The maximum atomic E-state index is 13.9. The summed E-state index contributed by atoms with van der Waals surface area (Å²) in [5, 5.41) is 2.62. The molecule has 0 radical (unpaired) electrons. The summed E-state index contributed by atoms with van der Waals surface area (Å²) in [6.45, 7) is 3.94. The Bertz CT molecular complexity index is 655. The Morgan fingerprint density at radius 2 is 2.14 bits per heavy atom. The molecule has 0 aliphatic heterocycles. The smallest absolute Gasteiger partial charge is 0.238 e. The predicted molar refractivity (Wildman–Crippen MR) is 80.1 cm³/mol. The lowest BCUT2D eigenvalue weighted by molar-refractivity contribution is -0.141. The quantitative estimate of drug-likeness (QED) is 0.873. The van der Waals surface area contributed by atoms with Crippen LogP contribution in [0.25, 0.3) is 0 Å². The molecule has 2 bridgehead atoms. The molecule has 1 N–H and O–H groups in total. The number of ketones is 1. The molecule has 1 amide bonds. The lowest BCUT2D eigenvalue weighted by Crippen LogP contribution is -2.46. The summed E-state index contributed by atoms with van der Waals surface area (Å²) in [5.74, 6) is -0.260. The van der Waals surface area contributed by atoms with E-state index in [-0.39, 0.29) is 22.8 Å². The molecule has 2 aliphatic carbocycles. The summed E-state index contributed by atoms with van der Waals surface area (Å²) in [5.41, 5.74) is -1.37. The fraction of sp³-hybridized carbons (Fsp3) is 0.529. The zero-order valence-corrected chi connectivity index (χ0v) is 13.0. The van der Waals surface area contributed by atoms with E-state index in [0.29, 0.717) is 18.6 Å². The number of hydrogen-bond donors (Lipinski definition) is 1. The molecule has 2 unspecified atom stereocenters. The summed E-state index contributed by atoms with van der Waals surface area (Å²) >= 11 is 0. The van der Waals surface area contributed by atoms with E-state index in [1.54, 1.807) is 0 Å². The van der Waals surface area contributed by atoms with Gasteiger partial charge in [0.15, 0.2) is 0 Å². The minimum Gasteiger partial charge on any atom is -0.497 e. The van der Waals surface area contributed by atoms with E-state index in [0.717, 1.165) is 6.42 Å². The summed E-state index contributed by atoms with van der Waals surface area (Å²) in [4.78, 5) is 25.3. The zero-order chi connectivity index (χ0) is 16.1. The number of Topliss-reactive ketones (excluding diaryl/α,β-unsaturated/α-hetero) is 1. The van der Waals surface area contributed by atoms with Crippen molar-refractivity contribution in [2.75, 3.05) is 12.4 Å². The van der Waals surface area contributed by atoms with Crippen LogP contribution in [0.2, 0.25) is 0 Å². The number of amides is 1. The van der Waals surface area contributed by atoms with Crippen LogP contribution in [0.3, 0.4) is 0 Å². The zero-order valence-electron chi connectivity index (χ0n) is 13.0. The highest BCUT2D eigenvalue weighted by Crippen LogP contribution is 2.64. The molecule has 0 saturated heterocycles. The monoisotopic (exact) mass is 305 g/mol. The van der Waals surface area contributed by atoms with Crippen molar-refractivity contribution in [3.8, 4) is 5.75 Å². The number of rotatable bonds is 3. The molecule has 4 nitrogen and oxygen atoms in total. The van der Waals surface area contributed by atoms with Crippen molar-refractivity contribution in [3.05, 3.63) is 24.0 Å². The fourth-order valence-corrected chi connectivity index (χ4v) is 4.17. The summed E-state index contributed by atoms with van der Waals surface area (Å²) < 4.78 is 19.0. The van der Waals surface area contributed by atoms with Gasteiger partial charge < -0.3 is 10.1 Å². The van der Waals surface area contributed by atoms with E-state index >= 15 is 0 Å². The van der Waals surface area contributed by atoms with Crippen LogP contribution in [0.15, 0.2) is 18.2 Å². The van der Waals surface area contributed by atoms with E-state index < -0.39 is 17.1 Å². The van der Waals surface area contributed by atoms with Crippen molar-refractivity contribution in [1.82, 2.24) is 0 Å². The number of halogens is 1. The highest BCUT2D eigenvalue weighted by Gasteiger charge is 2.68. The molecule has 1 aromatic rings. The Hall–Kier alpha value is -1.91. The van der Waals surface area contributed by atoms with Crippen LogP contribution in [0.4, 0.5) is 10.1 Å². The molecule has 3 rings (SSSR count). The first-order valence-corrected chi connectivity index (χ1v) is 7.51. The number of ether oxygens (including phenoxy) is 1. The average molecular weight is 305 g/mol. The van der Waals surface area contributed by atoms with Crippen LogP contribution in [0, 0.1) is 22.6 Å². The fourth-order valence-electron chi connectivity index (χ4n) is 4.17. The third kappa shape index (κ3) is 1.81. The molecule has 0 heterocycles. The Balaban J connectivity index is 1.94. The van der Waals surface area contributed by atoms with Gasteiger partial charge in [-0.1, -0.05) is 13.8 Å². The van der Waals surface area contributed by atoms with Gasteiger partial charge in [0.1, 0.15) is 22.8 Å². The first-order chi connectivity index (χ1) is 10.3. The summed E-state index contributed by atoms with van der Waals surface area (Å²) in [6, 6.07) is 4.16. The van der Waals surface area contributed by atoms with Crippen molar-refractivity contribution in [3.63, 3.8) is 0 Å². The maximum absolute atomic E-state index is 13.9. The van der Waals surface area contributed by atoms with Crippen molar-refractivity contribution in [1.29, 1.82) is 0 Å². The Morgan fingerprint density at radius 1 is 1.41 bits per heavy atom. The van der Waals surface area contributed by atoms with Gasteiger partial charge in [-0.2, -0.15) is 0 Å². The van der Waals surface area contributed by atoms with Crippen molar-refractivity contribution >= 4 is 17.4 Å². The molecule has 0 aromatic heterocycles. The molecule has 2 fully saturated rings. The predicted octanol–water partition coefficient (Wildman–Crippen LogP) is 3.17. The third-order valence-electron chi connectivity index (χ3n) is 5.71. The standard InChI is InChI=1S/C17H20FNO3/c1-16(2)10-6-7-17(16,14(20)8-10)15(21)19-13-9-11(22-3)4-5-12(13)18/h4-5,9-10H,6-8H2,1-3H3,(H,19,21). The molecule has 0 spiro atoms. The average Bonchev–Trinajstić information content (AvgIpc) is 2.84. The van der Waals surface area contributed by atoms with Gasteiger partial charge in [0.05, 0.1) is 12.8 Å². The number of methoxy groups -OCH3 is 1. The van der Waals surface area contributed by atoms with E-state index in [1.165, 1.54) is 25.3 Å². The normalized spacial score (nSPS) is 28.7. The van der Waals surface area contributed by atoms with Crippen LogP contribution in [0.5, 0.6) is 5.75 Å². The lowest BCUT2D eigenvalue weighted by Gasteiger charge is -2.34. The second-order valence-corrected chi connectivity index (χ2v) is 6.79. The Morgan fingerprint density at radius 3 is 2.68 bits per heavy atom. The van der Waals surface area contributed by atoms with E-state index in [4.69, 9.17) is 4.74 Å². The second-order valence-electron chi connectivity index (χ2n) is 6.79. The van der Waals surface area contributed by atoms with Gasteiger partial charge in [0, 0.05) is 12.5 Å². The minimum absolute atomic E-state index is 0.0189. The minimum atomic E-state index is -1.03. The van der Waals surface area contributed by atoms with Crippen LogP contribution in [-0.2, 0) is 9.59 Å².